The van der Waals surface area contributed by atoms with E-state index in [1.165, 1.54) is 0 Å². The first-order valence-corrected chi connectivity index (χ1v) is 7.86. The number of nitrogens with one attached hydrogen (secondary N) is 1. The fourth-order valence-electron chi connectivity index (χ4n) is 2.76. The van der Waals surface area contributed by atoms with E-state index in [4.69, 9.17) is 5.11 Å². The molecule has 0 spiro atoms. The predicted octanol–water partition coefficient (Wildman–Crippen LogP) is 2.01. The van der Waals surface area contributed by atoms with Gasteiger partial charge in [0.2, 0.25) is 5.91 Å². The molecule has 5 nitrogen and oxygen atoms in total. The molecule has 0 saturated carbocycles. The lowest BCUT2D eigenvalue weighted by Crippen LogP contribution is -2.34. The molecule has 116 valence electrons. The number of aliphatic carboxylic acids is 1. The molecular formula is C15H28N2O3. The van der Waals surface area contributed by atoms with Gasteiger partial charge in [0.1, 0.15) is 0 Å². The Morgan fingerprint density at radius 1 is 1.30 bits per heavy atom. The van der Waals surface area contributed by atoms with Crippen molar-refractivity contribution >= 4 is 11.9 Å². The number of hydrogen-bond donors (Lipinski definition) is 2. The van der Waals surface area contributed by atoms with E-state index < -0.39 is 5.97 Å². The maximum Gasteiger partial charge on any atom is 0.304 e. The van der Waals surface area contributed by atoms with Gasteiger partial charge in [0.15, 0.2) is 0 Å². The molecule has 0 aromatic carbocycles. The zero-order valence-electron chi connectivity index (χ0n) is 12.6. The Balaban J connectivity index is 2.08. The molecule has 0 radical (unpaired) electrons. The molecule has 2 N–H and O–H groups in total. The molecule has 1 heterocycles. The monoisotopic (exact) mass is 284 g/mol. The quantitative estimate of drug-likeness (QED) is 0.602. The van der Waals surface area contributed by atoms with Crippen LogP contribution in [0, 0.1) is 0 Å². The first-order valence-electron chi connectivity index (χ1n) is 7.86. The minimum atomic E-state index is -0.717. The van der Waals surface area contributed by atoms with Crippen LogP contribution in [0.4, 0.5) is 0 Å². The SMILES string of the molecule is CCCCCC(=O)NCCCN1CCC[C@H]1CC(=O)O. The third-order valence-electron chi connectivity index (χ3n) is 3.86. The maximum atomic E-state index is 11.5. The van der Waals surface area contributed by atoms with Crippen molar-refractivity contribution in [2.24, 2.45) is 0 Å². The summed E-state index contributed by atoms with van der Waals surface area (Å²) in [6, 6.07) is 0.188. The van der Waals surface area contributed by atoms with Crippen molar-refractivity contribution in [3.05, 3.63) is 0 Å². The smallest absolute Gasteiger partial charge is 0.304 e. The van der Waals surface area contributed by atoms with Crippen molar-refractivity contribution < 1.29 is 14.7 Å². The number of carboxylic acids is 1. The van der Waals surface area contributed by atoms with Crippen LogP contribution >= 0.6 is 0 Å². The molecule has 0 bridgehead atoms. The van der Waals surface area contributed by atoms with Crippen molar-refractivity contribution in [2.45, 2.75) is 64.3 Å². The summed E-state index contributed by atoms with van der Waals surface area (Å²) in [4.78, 5) is 24.5. The highest BCUT2D eigenvalue weighted by Crippen LogP contribution is 2.19. The number of carbonyl (C=O) groups excluding carboxylic acids is 1. The van der Waals surface area contributed by atoms with Crippen LogP contribution in [-0.4, -0.2) is 47.6 Å². The van der Waals surface area contributed by atoms with Crippen LogP contribution in [0.1, 0.15) is 58.3 Å². The Kier molecular flexibility index (Phi) is 8.26. The lowest BCUT2D eigenvalue weighted by Gasteiger charge is -2.22. The molecule has 1 rings (SSSR count). The number of unbranched alkanes of at least 4 members (excludes halogenated alkanes) is 2. The van der Waals surface area contributed by atoms with Gasteiger partial charge in [0, 0.05) is 25.6 Å². The molecule has 1 atom stereocenters. The Hall–Kier alpha value is -1.10. The average molecular weight is 284 g/mol. The Morgan fingerprint density at radius 2 is 2.10 bits per heavy atom. The summed E-state index contributed by atoms with van der Waals surface area (Å²) in [7, 11) is 0. The van der Waals surface area contributed by atoms with Gasteiger partial charge in [-0.25, -0.2) is 0 Å². The highest BCUT2D eigenvalue weighted by Gasteiger charge is 2.25. The van der Waals surface area contributed by atoms with Crippen molar-refractivity contribution in [3.63, 3.8) is 0 Å². The number of nitrogens with zero attached hydrogens (tertiary/aromatic N) is 1. The van der Waals surface area contributed by atoms with E-state index in [0.717, 1.165) is 51.6 Å². The van der Waals surface area contributed by atoms with Gasteiger partial charge in [0.25, 0.3) is 0 Å². The molecular weight excluding hydrogens is 256 g/mol. The summed E-state index contributed by atoms with van der Waals surface area (Å²) in [6.45, 7) is 4.69. The molecule has 0 aromatic heterocycles. The lowest BCUT2D eigenvalue weighted by molar-refractivity contribution is -0.138. The number of carbonyl (C=O) groups is 2. The largest absolute Gasteiger partial charge is 0.481 e. The molecule has 1 fully saturated rings. The van der Waals surface area contributed by atoms with Crippen LogP contribution in [0.5, 0.6) is 0 Å². The van der Waals surface area contributed by atoms with Crippen LogP contribution in [0.3, 0.4) is 0 Å². The van der Waals surface area contributed by atoms with Crippen molar-refractivity contribution in [3.8, 4) is 0 Å². The first kappa shape index (κ1) is 17.0. The fourth-order valence-corrected chi connectivity index (χ4v) is 2.76. The van der Waals surface area contributed by atoms with Crippen LogP contribution < -0.4 is 5.32 Å². The number of amides is 1. The van der Waals surface area contributed by atoms with E-state index in [1.807, 2.05) is 0 Å². The second-order valence-corrected chi connectivity index (χ2v) is 5.59. The first-order chi connectivity index (χ1) is 9.63. The van der Waals surface area contributed by atoms with E-state index in [9.17, 15) is 9.59 Å². The molecule has 5 heteroatoms. The zero-order valence-corrected chi connectivity index (χ0v) is 12.6. The van der Waals surface area contributed by atoms with Crippen LogP contribution in [0.25, 0.3) is 0 Å². The fraction of sp³-hybridized carbons (Fsp3) is 0.867. The summed E-state index contributed by atoms with van der Waals surface area (Å²) in [6.07, 6.45) is 7.04. The van der Waals surface area contributed by atoms with Gasteiger partial charge in [-0.15, -0.1) is 0 Å². The number of rotatable bonds is 10. The summed E-state index contributed by atoms with van der Waals surface area (Å²) in [5.74, 6) is -0.576. The van der Waals surface area contributed by atoms with Gasteiger partial charge >= 0.3 is 5.97 Å². The van der Waals surface area contributed by atoms with E-state index in [-0.39, 0.29) is 18.4 Å². The van der Waals surface area contributed by atoms with E-state index >= 15 is 0 Å². The molecule has 0 aliphatic carbocycles. The summed E-state index contributed by atoms with van der Waals surface area (Å²) >= 11 is 0. The third-order valence-corrected chi connectivity index (χ3v) is 3.86. The molecule has 0 aromatic rings. The van der Waals surface area contributed by atoms with Gasteiger partial charge in [0.05, 0.1) is 6.42 Å². The lowest BCUT2D eigenvalue weighted by atomic mass is 10.1. The van der Waals surface area contributed by atoms with Gasteiger partial charge in [-0.2, -0.15) is 0 Å². The highest BCUT2D eigenvalue weighted by molar-refractivity contribution is 5.75. The number of likely N-dealkylation sites (tertiary alicyclic amines) is 1. The molecule has 1 aliphatic heterocycles. The zero-order chi connectivity index (χ0) is 14.8. The second-order valence-electron chi connectivity index (χ2n) is 5.59. The Labute approximate surface area is 121 Å². The van der Waals surface area contributed by atoms with Crippen molar-refractivity contribution in [1.29, 1.82) is 0 Å². The minimum absolute atomic E-state index is 0.141. The van der Waals surface area contributed by atoms with E-state index in [2.05, 4.69) is 17.1 Å². The molecule has 1 saturated heterocycles. The Bertz CT molecular complexity index is 307. The third kappa shape index (κ3) is 6.89. The van der Waals surface area contributed by atoms with Crippen molar-refractivity contribution in [1.82, 2.24) is 10.2 Å². The standard InChI is InChI=1S/C15H28N2O3/c1-2-3-4-8-14(18)16-9-6-11-17-10-5-7-13(17)12-15(19)20/h13H,2-12H2,1H3,(H,16,18)(H,19,20)/t13-/m0/s1. The topological polar surface area (TPSA) is 69.6 Å². The maximum absolute atomic E-state index is 11.5. The summed E-state index contributed by atoms with van der Waals surface area (Å²) < 4.78 is 0. The van der Waals surface area contributed by atoms with Gasteiger partial charge in [-0.1, -0.05) is 19.8 Å². The molecule has 20 heavy (non-hydrogen) atoms. The average Bonchev–Trinajstić information content (AvgIpc) is 2.81. The van der Waals surface area contributed by atoms with E-state index in [1.54, 1.807) is 0 Å². The summed E-state index contributed by atoms with van der Waals surface area (Å²) in [5, 5.41) is 11.8. The van der Waals surface area contributed by atoms with Gasteiger partial charge < -0.3 is 10.4 Å². The van der Waals surface area contributed by atoms with Crippen molar-refractivity contribution in [2.75, 3.05) is 19.6 Å². The minimum Gasteiger partial charge on any atom is -0.481 e. The summed E-state index contributed by atoms with van der Waals surface area (Å²) in [5.41, 5.74) is 0. The highest BCUT2D eigenvalue weighted by atomic mass is 16.4. The van der Waals surface area contributed by atoms with Gasteiger partial charge in [-0.05, 0) is 32.2 Å². The van der Waals surface area contributed by atoms with E-state index in [0.29, 0.717) is 13.0 Å². The predicted molar refractivity (Wildman–Crippen MR) is 78.6 cm³/mol. The van der Waals surface area contributed by atoms with Crippen LogP contribution in [0.15, 0.2) is 0 Å². The normalized spacial score (nSPS) is 19.1. The molecule has 1 aliphatic rings. The van der Waals surface area contributed by atoms with Crippen LogP contribution in [0.2, 0.25) is 0 Å². The van der Waals surface area contributed by atoms with Gasteiger partial charge in [-0.3, -0.25) is 14.5 Å². The second kappa shape index (κ2) is 9.75. The molecule has 0 unspecified atom stereocenters. The number of carboxylic acid groups (broad SMARTS) is 1. The van der Waals surface area contributed by atoms with Crippen LogP contribution in [-0.2, 0) is 9.59 Å². The molecule has 1 amide bonds. The Morgan fingerprint density at radius 3 is 2.80 bits per heavy atom. The number of hydrogen-bond acceptors (Lipinski definition) is 3.